The van der Waals surface area contributed by atoms with Crippen molar-refractivity contribution in [2.45, 2.75) is 32.0 Å². The molecule has 3 rings (SSSR count). The smallest absolute Gasteiger partial charge is 0.0995 e. The summed E-state index contributed by atoms with van der Waals surface area (Å²) < 4.78 is 5.79. The molecule has 0 amide bonds. The van der Waals surface area contributed by atoms with Gasteiger partial charge in [0.1, 0.15) is 0 Å². The second kappa shape index (κ2) is 7.55. The van der Waals surface area contributed by atoms with E-state index in [0.717, 1.165) is 50.2 Å². The molecule has 0 spiro atoms. The Morgan fingerprint density at radius 2 is 2.18 bits per heavy atom. The zero-order valence-corrected chi connectivity index (χ0v) is 13.4. The van der Waals surface area contributed by atoms with Gasteiger partial charge in [0.25, 0.3) is 0 Å². The first-order valence-electron chi connectivity index (χ1n) is 7.68. The molecule has 2 aromatic rings. The van der Waals surface area contributed by atoms with E-state index >= 15 is 0 Å². The molecule has 3 nitrogen and oxygen atoms in total. The van der Waals surface area contributed by atoms with Crippen molar-refractivity contribution in [2.24, 2.45) is 0 Å². The standard InChI is InChI=1S/C18H20N2OS/c19-10-16-4-1-2-5-17(16)12-20(11-15-7-9-22-14-15)13-18-6-3-8-21-18/h1-2,4-5,7,9,14,18H,3,6,8,11-13H2/t18-/m0/s1. The minimum atomic E-state index is 0.327. The Hall–Kier alpha value is -1.67. The van der Waals surface area contributed by atoms with Crippen molar-refractivity contribution >= 4 is 11.3 Å². The van der Waals surface area contributed by atoms with Gasteiger partial charge in [-0.15, -0.1) is 0 Å². The lowest BCUT2D eigenvalue weighted by atomic mass is 10.1. The number of rotatable bonds is 6. The molecule has 0 saturated carbocycles. The number of ether oxygens (including phenoxy) is 1. The highest BCUT2D eigenvalue weighted by atomic mass is 32.1. The fourth-order valence-corrected chi connectivity index (χ4v) is 3.57. The number of hydrogen-bond acceptors (Lipinski definition) is 4. The molecule has 0 radical (unpaired) electrons. The van der Waals surface area contributed by atoms with Gasteiger partial charge in [0, 0.05) is 26.2 Å². The van der Waals surface area contributed by atoms with E-state index in [1.807, 2.05) is 18.2 Å². The molecule has 1 saturated heterocycles. The molecule has 1 aromatic heterocycles. The lowest BCUT2D eigenvalue weighted by Gasteiger charge is -2.25. The topological polar surface area (TPSA) is 36.3 Å². The zero-order chi connectivity index (χ0) is 15.2. The predicted molar refractivity (Wildman–Crippen MR) is 88.6 cm³/mol. The van der Waals surface area contributed by atoms with Crippen molar-refractivity contribution in [3.05, 3.63) is 57.8 Å². The van der Waals surface area contributed by atoms with Gasteiger partial charge in [-0.25, -0.2) is 0 Å². The van der Waals surface area contributed by atoms with Gasteiger partial charge in [0.2, 0.25) is 0 Å². The maximum Gasteiger partial charge on any atom is 0.0995 e. The first-order valence-corrected chi connectivity index (χ1v) is 8.62. The third-order valence-electron chi connectivity index (χ3n) is 4.00. The molecule has 0 aliphatic carbocycles. The van der Waals surface area contributed by atoms with Gasteiger partial charge in [-0.1, -0.05) is 18.2 Å². The fourth-order valence-electron chi connectivity index (χ4n) is 2.91. The van der Waals surface area contributed by atoms with Gasteiger partial charge in [-0.05, 0) is 46.9 Å². The summed E-state index contributed by atoms with van der Waals surface area (Å²) in [5.41, 5.74) is 3.20. The molecule has 1 atom stereocenters. The van der Waals surface area contributed by atoms with E-state index in [0.29, 0.717) is 6.10 Å². The number of benzene rings is 1. The highest BCUT2D eigenvalue weighted by molar-refractivity contribution is 7.07. The molecular formula is C18H20N2OS. The minimum absolute atomic E-state index is 0.327. The van der Waals surface area contributed by atoms with E-state index in [4.69, 9.17) is 4.74 Å². The Balaban J connectivity index is 1.73. The quantitative estimate of drug-likeness (QED) is 0.814. The highest BCUT2D eigenvalue weighted by Crippen LogP contribution is 2.19. The van der Waals surface area contributed by atoms with Crippen LogP contribution in [0.1, 0.15) is 29.5 Å². The molecule has 2 heterocycles. The maximum atomic E-state index is 9.28. The van der Waals surface area contributed by atoms with Crippen molar-refractivity contribution in [2.75, 3.05) is 13.2 Å². The first kappa shape index (κ1) is 15.2. The van der Waals surface area contributed by atoms with Crippen molar-refractivity contribution in [1.29, 1.82) is 5.26 Å². The van der Waals surface area contributed by atoms with Crippen molar-refractivity contribution in [1.82, 2.24) is 4.90 Å². The van der Waals surface area contributed by atoms with Crippen LogP contribution in [0, 0.1) is 11.3 Å². The largest absolute Gasteiger partial charge is 0.377 e. The summed E-state index contributed by atoms with van der Waals surface area (Å²) in [5, 5.41) is 13.6. The van der Waals surface area contributed by atoms with Crippen LogP contribution < -0.4 is 0 Å². The summed E-state index contributed by atoms with van der Waals surface area (Å²) in [4.78, 5) is 2.40. The summed E-state index contributed by atoms with van der Waals surface area (Å²) in [6.07, 6.45) is 2.62. The van der Waals surface area contributed by atoms with E-state index in [1.165, 1.54) is 5.56 Å². The summed E-state index contributed by atoms with van der Waals surface area (Å²) in [5.74, 6) is 0. The summed E-state index contributed by atoms with van der Waals surface area (Å²) in [6, 6.07) is 12.3. The second-order valence-electron chi connectivity index (χ2n) is 5.71. The Bertz CT molecular complexity index is 627. The first-order chi connectivity index (χ1) is 10.8. The molecule has 22 heavy (non-hydrogen) atoms. The zero-order valence-electron chi connectivity index (χ0n) is 12.6. The highest BCUT2D eigenvalue weighted by Gasteiger charge is 2.20. The van der Waals surface area contributed by atoms with Crippen LogP contribution in [0.5, 0.6) is 0 Å². The van der Waals surface area contributed by atoms with E-state index < -0.39 is 0 Å². The van der Waals surface area contributed by atoms with Crippen molar-refractivity contribution in [3.63, 3.8) is 0 Å². The van der Waals surface area contributed by atoms with Crippen LogP contribution in [0.4, 0.5) is 0 Å². The van der Waals surface area contributed by atoms with Gasteiger partial charge in [0.05, 0.1) is 17.7 Å². The van der Waals surface area contributed by atoms with Crippen LogP contribution in [-0.4, -0.2) is 24.2 Å². The summed E-state index contributed by atoms with van der Waals surface area (Å²) in [6.45, 7) is 3.50. The van der Waals surface area contributed by atoms with Crippen LogP contribution >= 0.6 is 11.3 Å². The Kier molecular flexibility index (Phi) is 5.23. The van der Waals surface area contributed by atoms with E-state index in [-0.39, 0.29) is 0 Å². The average Bonchev–Trinajstić information content (AvgIpc) is 3.21. The van der Waals surface area contributed by atoms with Gasteiger partial charge < -0.3 is 4.74 Å². The van der Waals surface area contributed by atoms with Crippen LogP contribution in [0.2, 0.25) is 0 Å². The van der Waals surface area contributed by atoms with Gasteiger partial charge in [-0.3, -0.25) is 4.90 Å². The molecule has 1 aliphatic rings. The summed E-state index contributed by atoms with van der Waals surface area (Å²) >= 11 is 1.73. The van der Waals surface area contributed by atoms with Crippen molar-refractivity contribution in [3.8, 4) is 6.07 Å². The van der Waals surface area contributed by atoms with E-state index in [2.05, 4.69) is 33.9 Å². The normalized spacial score (nSPS) is 17.7. The number of nitriles is 1. The second-order valence-corrected chi connectivity index (χ2v) is 6.49. The monoisotopic (exact) mass is 312 g/mol. The van der Waals surface area contributed by atoms with Crippen LogP contribution in [0.25, 0.3) is 0 Å². The lowest BCUT2D eigenvalue weighted by Crippen LogP contribution is -2.31. The molecule has 114 valence electrons. The van der Waals surface area contributed by atoms with Crippen LogP contribution in [-0.2, 0) is 17.8 Å². The SMILES string of the molecule is N#Cc1ccccc1CN(Cc1ccsc1)C[C@@H]1CCCO1. The molecule has 0 bridgehead atoms. The Labute approximate surface area is 135 Å². The molecule has 1 aliphatic heterocycles. The number of hydrogen-bond donors (Lipinski definition) is 0. The van der Waals surface area contributed by atoms with Gasteiger partial charge in [-0.2, -0.15) is 16.6 Å². The Morgan fingerprint density at radius 1 is 1.27 bits per heavy atom. The van der Waals surface area contributed by atoms with E-state index in [9.17, 15) is 5.26 Å². The predicted octanol–water partition coefficient (Wildman–Crippen LogP) is 3.80. The number of nitrogens with zero attached hydrogens (tertiary/aromatic N) is 2. The fraction of sp³-hybridized carbons (Fsp3) is 0.389. The van der Waals surface area contributed by atoms with E-state index in [1.54, 1.807) is 11.3 Å². The third-order valence-corrected chi connectivity index (χ3v) is 4.74. The van der Waals surface area contributed by atoms with Gasteiger partial charge in [0.15, 0.2) is 0 Å². The van der Waals surface area contributed by atoms with Crippen molar-refractivity contribution < 1.29 is 4.74 Å². The van der Waals surface area contributed by atoms with Crippen LogP contribution in [0.15, 0.2) is 41.1 Å². The number of thiophene rings is 1. The molecule has 0 unspecified atom stereocenters. The summed E-state index contributed by atoms with van der Waals surface area (Å²) in [7, 11) is 0. The average molecular weight is 312 g/mol. The molecule has 1 fully saturated rings. The molecule has 4 heteroatoms. The molecule has 0 N–H and O–H groups in total. The molecular weight excluding hydrogens is 292 g/mol. The lowest BCUT2D eigenvalue weighted by molar-refractivity contribution is 0.0679. The van der Waals surface area contributed by atoms with Gasteiger partial charge >= 0.3 is 0 Å². The third kappa shape index (κ3) is 3.95. The molecule has 1 aromatic carbocycles. The van der Waals surface area contributed by atoms with Crippen LogP contribution in [0.3, 0.4) is 0 Å². The Morgan fingerprint density at radius 3 is 2.91 bits per heavy atom. The maximum absolute atomic E-state index is 9.28. The minimum Gasteiger partial charge on any atom is -0.377 e.